The Morgan fingerprint density at radius 1 is 1.25 bits per heavy atom. The Bertz CT molecular complexity index is 148. The summed E-state index contributed by atoms with van der Waals surface area (Å²) >= 11 is -3.24. The van der Waals surface area contributed by atoms with E-state index in [0.29, 0.717) is 12.5 Å². The molecule has 0 bridgehead atoms. The fraction of sp³-hybridized carbons (Fsp3) is 1.00. The molecule has 0 aromatic carbocycles. The molecule has 0 spiro atoms. The van der Waals surface area contributed by atoms with Gasteiger partial charge in [0.1, 0.15) is 0 Å². The van der Waals surface area contributed by atoms with Crippen molar-refractivity contribution in [2.24, 2.45) is 5.92 Å². The standard InChI is InChI=1S/C7H16GeO4/c1-6-5-11-8(9-3,10-4)12-7(6)2/h6-7H,5H2,1-4H3. The van der Waals surface area contributed by atoms with Gasteiger partial charge in [0.25, 0.3) is 0 Å². The summed E-state index contributed by atoms with van der Waals surface area (Å²) in [5, 5.41) is 0. The first-order valence-electron chi connectivity index (χ1n) is 4.05. The van der Waals surface area contributed by atoms with Gasteiger partial charge >= 0.3 is 76.4 Å². The van der Waals surface area contributed by atoms with Crippen LogP contribution in [-0.4, -0.2) is 41.5 Å². The minimum atomic E-state index is -3.24. The van der Waals surface area contributed by atoms with Crippen LogP contribution in [0.3, 0.4) is 0 Å². The second-order valence-corrected chi connectivity index (χ2v) is 7.93. The summed E-state index contributed by atoms with van der Waals surface area (Å²) < 4.78 is 21.4. The van der Waals surface area contributed by atoms with Gasteiger partial charge in [0.05, 0.1) is 0 Å². The Morgan fingerprint density at radius 3 is 2.25 bits per heavy atom. The van der Waals surface area contributed by atoms with Crippen LogP contribution in [0.4, 0.5) is 0 Å². The molecule has 1 rings (SSSR count). The van der Waals surface area contributed by atoms with Gasteiger partial charge in [0.15, 0.2) is 0 Å². The van der Waals surface area contributed by atoms with Crippen LogP contribution in [0.1, 0.15) is 13.8 Å². The normalized spacial score (nSPS) is 35.0. The molecule has 12 heavy (non-hydrogen) atoms. The first kappa shape index (κ1) is 10.5. The van der Waals surface area contributed by atoms with Crippen LogP contribution in [0.5, 0.6) is 0 Å². The molecule has 5 heteroatoms. The molecule has 0 radical (unpaired) electrons. The summed E-state index contributed by atoms with van der Waals surface area (Å²) in [4.78, 5) is 0. The minimum absolute atomic E-state index is 0.165. The predicted molar refractivity (Wildman–Crippen MR) is 45.4 cm³/mol. The van der Waals surface area contributed by atoms with Crippen molar-refractivity contribution in [2.45, 2.75) is 20.0 Å². The van der Waals surface area contributed by atoms with Gasteiger partial charge in [-0.15, -0.1) is 0 Å². The van der Waals surface area contributed by atoms with E-state index in [4.69, 9.17) is 15.1 Å². The average Bonchev–Trinajstić information content (AvgIpc) is 2.10. The summed E-state index contributed by atoms with van der Waals surface area (Å²) in [6, 6.07) is 0. The third kappa shape index (κ3) is 2.00. The van der Waals surface area contributed by atoms with Crippen LogP contribution in [-0.2, 0) is 15.1 Å². The summed E-state index contributed by atoms with van der Waals surface area (Å²) in [7, 11) is 3.15. The van der Waals surface area contributed by atoms with E-state index in [2.05, 4.69) is 6.92 Å². The fourth-order valence-corrected chi connectivity index (χ4v) is 4.86. The van der Waals surface area contributed by atoms with Gasteiger partial charge in [-0.2, -0.15) is 0 Å². The van der Waals surface area contributed by atoms with Crippen molar-refractivity contribution in [3.05, 3.63) is 0 Å². The van der Waals surface area contributed by atoms with Crippen LogP contribution in [0, 0.1) is 5.92 Å². The summed E-state index contributed by atoms with van der Waals surface area (Å²) in [5.74, 6) is 0.411. The fourth-order valence-electron chi connectivity index (χ4n) is 1.04. The molecule has 1 saturated heterocycles. The molecule has 72 valence electrons. The second kappa shape index (κ2) is 4.06. The third-order valence-corrected chi connectivity index (χ3v) is 6.73. The first-order valence-corrected chi connectivity index (χ1v) is 7.48. The summed E-state index contributed by atoms with van der Waals surface area (Å²) in [5.41, 5.74) is 0. The van der Waals surface area contributed by atoms with Gasteiger partial charge < -0.3 is 0 Å². The predicted octanol–water partition coefficient (Wildman–Crippen LogP) is 0.786. The Hall–Kier alpha value is 0.383. The third-order valence-electron chi connectivity index (χ3n) is 2.15. The van der Waals surface area contributed by atoms with Crippen molar-refractivity contribution >= 4 is 14.6 Å². The quantitative estimate of drug-likeness (QED) is 0.665. The van der Waals surface area contributed by atoms with E-state index < -0.39 is 14.6 Å². The van der Waals surface area contributed by atoms with E-state index in [0.717, 1.165) is 0 Å². The Morgan fingerprint density at radius 2 is 1.83 bits per heavy atom. The zero-order valence-electron chi connectivity index (χ0n) is 7.99. The molecule has 0 aromatic rings. The monoisotopic (exact) mass is 238 g/mol. The van der Waals surface area contributed by atoms with E-state index in [1.54, 1.807) is 14.2 Å². The molecule has 1 fully saturated rings. The molecule has 1 aliphatic heterocycles. The van der Waals surface area contributed by atoms with Crippen molar-refractivity contribution in [3.8, 4) is 0 Å². The average molecular weight is 237 g/mol. The summed E-state index contributed by atoms with van der Waals surface area (Å²) in [6.45, 7) is 4.77. The van der Waals surface area contributed by atoms with Crippen LogP contribution in [0.25, 0.3) is 0 Å². The summed E-state index contributed by atoms with van der Waals surface area (Å²) in [6.07, 6.45) is 0.165. The first-order chi connectivity index (χ1) is 5.63. The van der Waals surface area contributed by atoms with Gasteiger partial charge in [0, 0.05) is 0 Å². The van der Waals surface area contributed by atoms with Crippen molar-refractivity contribution in [2.75, 3.05) is 20.8 Å². The molecule has 4 nitrogen and oxygen atoms in total. The van der Waals surface area contributed by atoms with Gasteiger partial charge in [-0.1, -0.05) is 0 Å². The molecule has 1 aliphatic rings. The number of hydrogen-bond donors (Lipinski definition) is 0. The number of hydrogen-bond acceptors (Lipinski definition) is 4. The van der Waals surface area contributed by atoms with Crippen molar-refractivity contribution in [1.82, 2.24) is 0 Å². The molecule has 0 aromatic heterocycles. The SMILES string of the molecule is C[O][Ge]1([O]C)[O]CC(C)C(C)[O]1. The van der Waals surface area contributed by atoms with Crippen LogP contribution in [0.15, 0.2) is 0 Å². The van der Waals surface area contributed by atoms with Gasteiger partial charge in [-0.25, -0.2) is 0 Å². The van der Waals surface area contributed by atoms with Crippen molar-refractivity contribution in [1.29, 1.82) is 0 Å². The zero-order chi connectivity index (χ0) is 9.19. The number of rotatable bonds is 2. The molecule has 0 N–H and O–H groups in total. The van der Waals surface area contributed by atoms with Crippen LogP contribution in [0.2, 0.25) is 0 Å². The van der Waals surface area contributed by atoms with Gasteiger partial charge in [-0.05, 0) is 0 Å². The second-order valence-electron chi connectivity index (χ2n) is 3.02. The zero-order valence-corrected chi connectivity index (χ0v) is 10.1. The van der Waals surface area contributed by atoms with E-state index in [9.17, 15) is 0 Å². The molecule has 0 saturated carbocycles. The maximum atomic E-state index is 5.61. The Kier molecular flexibility index (Phi) is 3.54. The molecular formula is C7H16GeO4. The van der Waals surface area contributed by atoms with E-state index >= 15 is 0 Å². The Balaban J connectivity index is 2.58. The van der Waals surface area contributed by atoms with Crippen molar-refractivity contribution in [3.63, 3.8) is 0 Å². The van der Waals surface area contributed by atoms with Gasteiger partial charge in [-0.3, -0.25) is 0 Å². The topological polar surface area (TPSA) is 36.9 Å². The molecule has 2 unspecified atom stereocenters. The Labute approximate surface area is 76.9 Å². The van der Waals surface area contributed by atoms with E-state index in [-0.39, 0.29) is 6.10 Å². The van der Waals surface area contributed by atoms with Crippen LogP contribution < -0.4 is 0 Å². The maximum absolute atomic E-state index is 5.61. The molecular weight excluding hydrogens is 221 g/mol. The molecule has 0 aliphatic carbocycles. The molecule has 1 heterocycles. The van der Waals surface area contributed by atoms with Gasteiger partial charge in [0.2, 0.25) is 0 Å². The molecule has 0 amide bonds. The van der Waals surface area contributed by atoms with E-state index in [1.165, 1.54) is 0 Å². The van der Waals surface area contributed by atoms with Crippen LogP contribution >= 0.6 is 0 Å². The van der Waals surface area contributed by atoms with E-state index in [1.807, 2.05) is 6.92 Å². The molecule has 2 atom stereocenters. The van der Waals surface area contributed by atoms with Crippen molar-refractivity contribution < 1.29 is 15.1 Å².